The number of carbonyl (C=O) groups excluding carboxylic acids is 3. The molecule has 3 amide bonds. The SMILES string of the molecule is CC(C)(C)OC(=O)N1[C@@H]2CC[C@@H](C2)[C@H]1C(=O)N[C@@H](Cc1ccc(OS(=O)(=O)C(F)(F)F)c(F)c1F)C(N)=O. The molecule has 0 radical (unpaired) electrons. The summed E-state index contributed by atoms with van der Waals surface area (Å²) in [6.07, 6.45) is 0.351. The molecule has 3 rings (SSSR count). The highest BCUT2D eigenvalue weighted by Crippen LogP contribution is 2.43. The van der Waals surface area contributed by atoms with E-state index in [1.54, 1.807) is 20.8 Å². The first-order valence-corrected chi connectivity index (χ1v) is 12.8. The number of rotatable bonds is 7. The first kappa shape index (κ1) is 29.4. The van der Waals surface area contributed by atoms with E-state index in [0.717, 1.165) is 0 Å². The van der Waals surface area contributed by atoms with Gasteiger partial charge in [0.05, 0.1) is 0 Å². The Labute approximate surface area is 214 Å². The molecule has 1 saturated carbocycles. The molecule has 0 spiro atoms. The minimum atomic E-state index is -6.27. The zero-order chi connectivity index (χ0) is 28.8. The summed E-state index contributed by atoms with van der Waals surface area (Å²) in [6, 6.07) is -1.76. The van der Waals surface area contributed by atoms with E-state index in [1.165, 1.54) is 4.90 Å². The van der Waals surface area contributed by atoms with Crippen molar-refractivity contribution < 1.29 is 53.7 Å². The molecule has 0 aromatic heterocycles. The molecule has 3 N–H and O–H groups in total. The molecule has 10 nitrogen and oxygen atoms in total. The van der Waals surface area contributed by atoms with E-state index in [2.05, 4.69) is 9.50 Å². The van der Waals surface area contributed by atoms with Gasteiger partial charge in [-0.05, 0) is 57.6 Å². The second-order valence-electron chi connectivity index (χ2n) is 10.1. The third-order valence-corrected chi connectivity index (χ3v) is 7.12. The smallest absolute Gasteiger partial charge is 0.444 e. The van der Waals surface area contributed by atoms with Crippen LogP contribution in [0.15, 0.2) is 12.1 Å². The number of halogens is 5. The number of piperidine rings is 1. The second-order valence-corrected chi connectivity index (χ2v) is 11.6. The van der Waals surface area contributed by atoms with E-state index in [1.807, 2.05) is 0 Å². The fraction of sp³-hybridized carbons (Fsp3) is 0.591. The van der Waals surface area contributed by atoms with Crippen LogP contribution in [0, 0.1) is 17.6 Å². The van der Waals surface area contributed by atoms with Gasteiger partial charge in [-0.1, -0.05) is 6.07 Å². The zero-order valence-electron chi connectivity index (χ0n) is 20.5. The number of primary amides is 1. The van der Waals surface area contributed by atoms with Crippen LogP contribution in [0.3, 0.4) is 0 Å². The number of ether oxygens (including phenoxy) is 1. The third kappa shape index (κ3) is 6.10. The second kappa shape index (κ2) is 10.2. The molecule has 16 heteroatoms. The Morgan fingerprint density at radius 1 is 1.13 bits per heavy atom. The summed E-state index contributed by atoms with van der Waals surface area (Å²) in [5.41, 5.74) is -2.01. The van der Waals surface area contributed by atoms with Gasteiger partial charge in [0, 0.05) is 12.5 Å². The summed E-state index contributed by atoms with van der Waals surface area (Å²) in [6.45, 7) is 4.96. The largest absolute Gasteiger partial charge is 0.534 e. The maximum atomic E-state index is 14.6. The molecular formula is C22H26F5N3O7S. The van der Waals surface area contributed by atoms with Gasteiger partial charge in [0.1, 0.15) is 17.7 Å². The van der Waals surface area contributed by atoms with Crippen molar-refractivity contribution in [3.63, 3.8) is 0 Å². The van der Waals surface area contributed by atoms with Crippen molar-refractivity contribution in [3.8, 4) is 5.75 Å². The lowest BCUT2D eigenvalue weighted by Gasteiger charge is -2.36. The van der Waals surface area contributed by atoms with E-state index in [-0.39, 0.29) is 12.0 Å². The van der Waals surface area contributed by atoms with Gasteiger partial charge < -0.3 is 20.0 Å². The van der Waals surface area contributed by atoms with Crippen LogP contribution in [-0.4, -0.2) is 60.5 Å². The van der Waals surface area contributed by atoms with Crippen LogP contribution in [-0.2, 0) is 30.9 Å². The van der Waals surface area contributed by atoms with Crippen LogP contribution < -0.4 is 15.2 Å². The number of hydrogen-bond acceptors (Lipinski definition) is 7. The predicted octanol–water partition coefficient (Wildman–Crippen LogP) is 2.49. The van der Waals surface area contributed by atoms with Crippen molar-refractivity contribution in [1.82, 2.24) is 10.2 Å². The molecule has 4 atom stereocenters. The Balaban J connectivity index is 1.79. The minimum Gasteiger partial charge on any atom is -0.444 e. The van der Waals surface area contributed by atoms with Gasteiger partial charge in [0.25, 0.3) is 0 Å². The number of hydrogen-bond donors (Lipinski definition) is 2. The topological polar surface area (TPSA) is 145 Å². The highest BCUT2D eigenvalue weighted by Gasteiger charge is 2.53. The number of nitrogens with zero attached hydrogens (tertiary/aromatic N) is 1. The van der Waals surface area contributed by atoms with Crippen molar-refractivity contribution in [2.75, 3.05) is 0 Å². The number of alkyl halides is 3. The molecule has 0 unspecified atom stereocenters. The lowest BCUT2D eigenvalue weighted by atomic mass is 9.97. The highest BCUT2D eigenvalue weighted by molar-refractivity contribution is 7.88. The lowest BCUT2D eigenvalue weighted by Crippen LogP contribution is -2.57. The fourth-order valence-electron chi connectivity index (χ4n) is 4.56. The molecule has 1 saturated heterocycles. The molecule has 1 aromatic carbocycles. The summed E-state index contributed by atoms with van der Waals surface area (Å²) in [5.74, 6) is -7.58. The summed E-state index contributed by atoms with van der Waals surface area (Å²) in [4.78, 5) is 39.2. The maximum absolute atomic E-state index is 14.6. The highest BCUT2D eigenvalue weighted by atomic mass is 32.2. The normalized spacial score (nSPS) is 22.2. The monoisotopic (exact) mass is 571 g/mol. The number of amides is 3. The van der Waals surface area contributed by atoms with Crippen molar-refractivity contribution >= 4 is 28.0 Å². The van der Waals surface area contributed by atoms with Gasteiger partial charge >= 0.3 is 21.7 Å². The molecule has 1 aromatic rings. The van der Waals surface area contributed by atoms with Gasteiger partial charge in [0.15, 0.2) is 11.6 Å². The Kier molecular flexibility index (Phi) is 7.88. The Bertz CT molecular complexity index is 1230. The fourth-order valence-corrected chi connectivity index (χ4v) is 5.02. The molecule has 1 aliphatic carbocycles. The number of fused-ring (bicyclic) bond motifs is 2. The Morgan fingerprint density at radius 2 is 1.76 bits per heavy atom. The molecule has 2 bridgehead atoms. The quantitative estimate of drug-likeness (QED) is 0.291. The van der Waals surface area contributed by atoms with Gasteiger partial charge in [-0.25, -0.2) is 9.18 Å². The molecule has 38 heavy (non-hydrogen) atoms. The summed E-state index contributed by atoms with van der Waals surface area (Å²) < 4.78 is 97.7. The molecule has 1 heterocycles. The van der Waals surface area contributed by atoms with Crippen LogP contribution in [0.2, 0.25) is 0 Å². The predicted molar refractivity (Wildman–Crippen MR) is 120 cm³/mol. The number of benzene rings is 1. The zero-order valence-corrected chi connectivity index (χ0v) is 21.3. The van der Waals surface area contributed by atoms with Crippen LogP contribution in [0.25, 0.3) is 0 Å². The first-order valence-electron chi connectivity index (χ1n) is 11.4. The van der Waals surface area contributed by atoms with E-state index < -0.39 is 80.6 Å². The Hall–Kier alpha value is -3.17. The van der Waals surface area contributed by atoms with Crippen molar-refractivity contribution in [3.05, 3.63) is 29.3 Å². The Morgan fingerprint density at radius 3 is 2.32 bits per heavy atom. The molecular weight excluding hydrogens is 545 g/mol. The number of nitrogens with two attached hydrogens (primary N) is 1. The maximum Gasteiger partial charge on any atom is 0.534 e. The first-order chi connectivity index (χ1) is 17.3. The van der Waals surface area contributed by atoms with Gasteiger partial charge in [-0.15, -0.1) is 0 Å². The number of carbonyl (C=O) groups is 3. The van der Waals surface area contributed by atoms with Crippen LogP contribution in [0.4, 0.5) is 26.7 Å². The van der Waals surface area contributed by atoms with Crippen LogP contribution in [0.5, 0.6) is 5.75 Å². The molecule has 2 aliphatic rings. The lowest BCUT2D eigenvalue weighted by molar-refractivity contribution is -0.132. The van der Waals surface area contributed by atoms with Gasteiger partial charge in [-0.3, -0.25) is 14.5 Å². The molecule has 2 fully saturated rings. The average molecular weight is 572 g/mol. The van der Waals surface area contributed by atoms with Crippen molar-refractivity contribution in [2.45, 2.75) is 75.7 Å². The van der Waals surface area contributed by atoms with E-state index in [0.29, 0.717) is 31.4 Å². The van der Waals surface area contributed by atoms with Crippen molar-refractivity contribution in [1.29, 1.82) is 0 Å². The van der Waals surface area contributed by atoms with Gasteiger partial charge in [0.2, 0.25) is 17.6 Å². The van der Waals surface area contributed by atoms with Crippen LogP contribution >= 0.6 is 0 Å². The summed E-state index contributed by atoms with van der Waals surface area (Å²) >= 11 is 0. The third-order valence-electron chi connectivity index (χ3n) is 6.15. The average Bonchev–Trinajstić information content (AvgIpc) is 3.37. The summed E-state index contributed by atoms with van der Waals surface area (Å²) in [5, 5.41) is 2.33. The van der Waals surface area contributed by atoms with Crippen LogP contribution in [0.1, 0.15) is 45.6 Å². The van der Waals surface area contributed by atoms with Crippen molar-refractivity contribution in [2.24, 2.45) is 11.7 Å². The molecule has 212 valence electrons. The molecule has 1 aliphatic heterocycles. The minimum absolute atomic E-state index is 0.234. The van der Waals surface area contributed by atoms with E-state index >= 15 is 0 Å². The number of likely N-dealkylation sites (tertiary alicyclic amines) is 1. The summed E-state index contributed by atoms with van der Waals surface area (Å²) in [7, 11) is -6.27. The standard InChI is InChI=1S/C22H26F5N3O7S/c1-21(2,3)36-20(33)30-12-6-4-11(8-12)17(30)19(32)29-13(18(28)31)9-10-5-7-14(16(24)15(10)23)37-38(34,35)22(25,26)27/h5,7,11-13,17H,4,6,8-9H2,1-3H3,(H2,28,31)(H,29,32)/t11-,12+,13-,17-/m0/s1. The number of nitrogens with one attached hydrogen (secondary N) is 1. The van der Waals surface area contributed by atoms with Gasteiger partial charge in [-0.2, -0.15) is 26.0 Å². The van der Waals surface area contributed by atoms with E-state index in [4.69, 9.17) is 10.5 Å². The van der Waals surface area contributed by atoms with E-state index in [9.17, 15) is 44.8 Å².